The van der Waals surface area contributed by atoms with Gasteiger partial charge in [0, 0.05) is 6.42 Å². The van der Waals surface area contributed by atoms with Gasteiger partial charge >= 0.3 is 0 Å². The second-order valence-electron chi connectivity index (χ2n) is 2.59. The second kappa shape index (κ2) is 4.55. The molecular formula is C12H13. The molecule has 1 aromatic rings. The molecule has 0 heterocycles. The highest BCUT2D eigenvalue weighted by atomic mass is 14.0. The van der Waals surface area contributed by atoms with Crippen molar-refractivity contribution in [3.63, 3.8) is 0 Å². The molecule has 0 bridgehead atoms. The van der Waals surface area contributed by atoms with Crippen molar-refractivity contribution in [1.82, 2.24) is 0 Å². The SMILES string of the molecule is C=C[CH]c1ccccc1CC=C. The first-order valence-corrected chi connectivity index (χ1v) is 4.03. The zero-order valence-corrected chi connectivity index (χ0v) is 7.16. The first-order chi connectivity index (χ1) is 5.88. The maximum Gasteiger partial charge on any atom is 0.0122 e. The van der Waals surface area contributed by atoms with Gasteiger partial charge in [-0.05, 0) is 17.5 Å². The molecule has 1 aromatic carbocycles. The van der Waals surface area contributed by atoms with Gasteiger partial charge in [0.2, 0.25) is 0 Å². The fourth-order valence-electron chi connectivity index (χ4n) is 1.17. The molecule has 1 radical (unpaired) electrons. The molecule has 0 aliphatic rings. The van der Waals surface area contributed by atoms with E-state index in [-0.39, 0.29) is 0 Å². The van der Waals surface area contributed by atoms with E-state index in [2.05, 4.69) is 25.3 Å². The first kappa shape index (κ1) is 8.79. The first-order valence-electron chi connectivity index (χ1n) is 4.03. The van der Waals surface area contributed by atoms with Crippen LogP contribution in [0.2, 0.25) is 0 Å². The Labute approximate surface area is 74.2 Å². The van der Waals surface area contributed by atoms with Crippen molar-refractivity contribution in [3.8, 4) is 0 Å². The smallest absolute Gasteiger partial charge is 0.0122 e. The molecule has 0 nitrogen and oxygen atoms in total. The van der Waals surface area contributed by atoms with Gasteiger partial charge in [-0.1, -0.05) is 36.4 Å². The van der Waals surface area contributed by atoms with Crippen molar-refractivity contribution in [3.05, 3.63) is 67.1 Å². The third kappa shape index (κ3) is 2.09. The Morgan fingerprint density at radius 1 is 1.17 bits per heavy atom. The molecule has 61 valence electrons. The Bertz CT molecular complexity index is 242. The summed E-state index contributed by atoms with van der Waals surface area (Å²) < 4.78 is 0. The van der Waals surface area contributed by atoms with Gasteiger partial charge in [-0.25, -0.2) is 0 Å². The van der Waals surface area contributed by atoms with Crippen LogP contribution in [0.4, 0.5) is 0 Å². The van der Waals surface area contributed by atoms with Crippen LogP contribution in [0, 0.1) is 6.42 Å². The van der Waals surface area contributed by atoms with Crippen LogP contribution in [0.25, 0.3) is 0 Å². The minimum absolute atomic E-state index is 0.917. The van der Waals surface area contributed by atoms with Gasteiger partial charge < -0.3 is 0 Å². The van der Waals surface area contributed by atoms with Crippen LogP contribution in [-0.4, -0.2) is 0 Å². The molecule has 0 heteroatoms. The highest BCUT2D eigenvalue weighted by molar-refractivity contribution is 5.36. The molecule has 0 aliphatic heterocycles. The average Bonchev–Trinajstić information content (AvgIpc) is 2.09. The van der Waals surface area contributed by atoms with Crippen molar-refractivity contribution in [2.75, 3.05) is 0 Å². The summed E-state index contributed by atoms with van der Waals surface area (Å²) in [5.74, 6) is 0. The van der Waals surface area contributed by atoms with E-state index in [0.29, 0.717) is 0 Å². The summed E-state index contributed by atoms with van der Waals surface area (Å²) >= 11 is 0. The van der Waals surface area contributed by atoms with Crippen LogP contribution < -0.4 is 0 Å². The molecular weight excluding hydrogens is 144 g/mol. The van der Waals surface area contributed by atoms with E-state index in [9.17, 15) is 0 Å². The standard InChI is InChI=1S/C12H13/c1-3-7-11-9-5-6-10-12(11)8-4-2/h3-7,9-10H,1-2,8H2. The van der Waals surface area contributed by atoms with E-state index >= 15 is 0 Å². The molecule has 0 spiro atoms. The summed E-state index contributed by atoms with van der Waals surface area (Å²) in [7, 11) is 0. The van der Waals surface area contributed by atoms with Gasteiger partial charge in [-0.2, -0.15) is 0 Å². The van der Waals surface area contributed by atoms with E-state index < -0.39 is 0 Å². The lowest BCUT2D eigenvalue weighted by Gasteiger charge is -2.03. The van der Waals surface area contributed by atoms with Gasteiger partial charge in [0.1, 0.15) is 0 Å². The zero-order valence-electron chi connectivity index (χ0n) is 7.16. The average molecular weight is 157 g/mol. The highest BCUT2D eigenvalue weighted by Gasteiger charge is 1.96. The van der Waals surface area contributed by atoms with E-state index in [1.54, 1.807) is 0 Å². The fraction of sp³-hybridized carbons (Fsp3) is 0.0833. The van der Waals surface area contributed by atoms with E-state index in [1.165, 1.54) is 11.1 Å². The van der Waals surface area contributed by atoms with Gasteiger partial charge in [0.15, 0.2) is 0 Å². The Morgan fingerprint density at radius 3 is 2.58 bits per heavy atom. The molecule has 1 rings (SSSR count). The van der Waals surface area contributed by atoms with Gasteiger partial charge in [-0.15, -0.1) is 13.2 Å². The molecule has 0 saturated carbocycles. The van der Waals surface area contributed by atoms with E-state index in [4.69, 9.17) is 0 Å². The third-order valence-electron chi connectivity index (χ3n) is 1.72. The Hall–Kier alpha value is -1.30. The summed E-state index contributed by atoms with van der Waals surface area (Å²) in [6.45, 7) is 7.39. The van der Waals surface area contributed by atoms with Crippen LogP contribution in [0.15, 0.2) is 49.6 Å². The summed E-state index contributed by atoms with van der Waals surface area (Å²) in [4.78, 5) is 0. The topological polar surface area (TPSA) is 0 Å². The number of hydrogen-bond donors (Lipinski definition) is 0. The number of benzene rings is 1. The molecule has 0 saturated heterocycles. The molecule has 0 aliphatic carbocycles. The third-order valence-corrected chi connectivity index (χ3v) is 1.72. The highest BCUT2D eigenvalue weighted by Crippen LogP contribution is 2.11. The van der Waals surface area contributed by atoms with Crippen molar-refractivity contribution in [2.24, 2.45) is 0 Å². The van der Waals surface area contributed by atoms with Gasteiger partial charge in [0.05, 0.1) is 0 Å². The predicted octanol–water partition coefficient (Wildman–Crippen LogP) is 3.15. The maximum atomic E-state index is 3.72. The lowest BCUT2D eigenvalue weighted by molar-refractivity contribution is 1.24. The van der Waals surface area contributed by atoms with Crippen LogP contribution in [0.5, 0.6) is 0 Å². The molecule has 0 fully saturated rings. The molecule has 0 unspecified atom stereocenters. The van der Waals surface area contributed by atoms with Gasteiger partial charge in [-0.3, -0.25) is 0 Å². The Morgan fingerprint density at radius 2 is 1.92 bits per heavy atom. The number of rotatable bonds is 4. The van der Waals surface area contributed by atoms with Crippen LogP contribution in [0.1, 0.15) is 11.1 Å². The maximum absolute atomic E-state index is 3.72. The summed E-state index contributed by atoms with van der Waals surface area (Å²) in [6.07, 6.45) is 6.65. The van der Waals surface area contributed by atoms with E-state index in [1.807, 2.05) is 30.7 Å². The quantitative estimate of drug-likeness (QED) is 0.589. The lowest BCUT2D eigenvalue weighted by atomic mass is 10.0. The normalized spacial score (nSPS) is 9.33. The monoisotopic (exact) mass is 157 g/mol. The number of allylic oxidation sites excluding steroid dienone is 2. The molecule has 12 heavy (non-hydrogen) atoms. The largest absolute Gasteiger partial charge is 0.103 e. The van der Waals surface area contributed by atoms with Crippen molar-refractivity contribution in [2.45, 2.75) is 6.42 Å². The van der Waals surface area contributed by atoms with Crippen molar-refractivity contribution < 1.29 is 0 Å². The van der Waals surface area contributed by atoms with E-state index in [0.717, 1.165) is 6.42 Å². The van der Waals surface area contributed by atoms with Crippen molar-refractivity contribution in [1.29, 1.82) is 0 Å². The fourth-order valence-corrected chi connectivity index (χ4v) is 1.17. The summed E-state index contributed by atoms with van der Waals surface area (Å²) in [5, 5.41) is 0. The molecule has 0 aromatic heterocycles. The predicted molar refractivity (Wildman–Crippen MR) is 53.9 cm³/mol. The van der Waals surface area contributed by atoms with Crippen molar-refractivity contribution >= 4 is 0 Å². The molecule has 0 amide bonds. The summed E-state index contributed by atoms with van der Waals surface area (Å²) in [6, 6.07) is 8.26. The minimum atomic E-state index is 0.917. The number of hydrogen-bond acceptors (Lipinski definition) is 0. The van der Waals surface area contributed by atoms with Crippen LogP contribution >= 0.6 is 0 Å². The molecule has 0 N–H and O–H groups in total. The Kier molecular flexibility index (Phi) is 3.34. The molecule has 0 atom stereocenters. The lowest BCUT2D eigenvalue weighted by Crippen LogP contribution is -1.88. The van der Waals surface area contributed by atoms with Crippen LogP contribution in [0.3, 0.4) is 0 Å². The zero-order chi connectivity index (χ0) is 8.81. The second-order valence-corrected chi connectivity index (χ2v) is 2.59. The Balaban J connectivity index is 2.90. The van der Waals surface area contributed by atoms with Crippen LogP contribution in [-0.2, 0) is 6.42 Å². The summed E-state index contributed by atoms with van der Waals surface area (Å²) in [5.41, 5.74) is 2.53. The van der Waals surface area contributed by atoms with Gasteiger partial charge in [0.25, 0.3) is 0 Å². The minimum Gasteiger partial charge on any atom is -0.103 e.